The van der Waals surface area contributed by atoms with E-state index in [4.69, 9.17) is 17.2 Å². The number of allylic oxidation sites excluding steroid dienone is 1. The molecule has 3 heterocycles. The zero-order valence-corrected chi connectivity index (χ0v) is 31.6. The van der Waals surface area contributed by atoms with Crippen LogP contribution in [-0.4, -0.2) is 59.1 Å². The molecular formula is C43H55FN6S. The molecule has 51 heavy (non-hydrogen) atoms. The number of hydrogen-bond acceptors (Lipinski definition) is 6. The normalized spacial score (nSPS) is 26.8. The number of amidine groups is 1. The van der Waals surface area contributed by atoms with Gasteiger partial charge in [0, 0.05) is 53.9 Å². The Morgan fingerprint density at radius 3 is 2.76 bits per heavy atom. The number of fused-ring (bicyclic) bond motifs is 1. The van der Waals surface area contributed by atoms with Gasteiger partial charge in [0.15, 0.2) is 0 Å². The van der Waals surface area contributed by atoms with Gasteiger partial charge in [-0.2, -0.15) is 0 Å². The maximum Gasteiger partial charge on any atom is 0.129 e. The van der Waals surface area contributed by atoms with Gasteiger partial charge in [-0.15, -0.1) is 0 Å². The van der Waals surface area contributed by atoms with Gasteiger partial charge in [-0.25, -0.2) is 9.38 Å². The second-order valence-electron chi connectivity index (χ2n) is 15.7. The molecule has 3 atom stereocenters. The molecule has 8 heteroatoms. The van der Waals surface area contributed by atoms with Gasteiger partial charge in [-0.1, -0.05) is 56.1 Å². The van der Waals surface area contributed by atoms with Crippen LogP contribution in [0, 0.1) is 17.2 Å². The minimum absolute atomic E-state index is 0.217. The number of aliphatic imine (C=N–C) groups is 2. The summed E-state index contributed by atoms with van der Waals surface area (Å²) >= 11 is 6.00. The number of halogens is 1. The van der Waals surface area contributed by atoms with Gasteiger partial charge in [0.05, 0.1) is 5.70 Å². The number of nitrogens with zero attached hydrogens (tertiary/aromatic N) is 4. The molecule has 1 spiro atoms. The van der Waals surface area contributed by atoms with Crippen molar-refractivity contribution in [1.29, 1.82) is 0 Å². The maximum atomic E-state index is 16.1. The smallest absolute Gasteiger partial charge is 0.129 e. The minimum atomic E-state index is -0.452. The Morgan fingerprint density at radius 1 is 1.18 bits per heavy atom. The molecule has 3 unspecified atom stereocenters. The predicted molar refractivity (Wildman–Crippen MR) is 214 cm³/mol. The zero-order valence-electron chi connectivity index (χ0n) is 30.8. The van der Waals surface area contributed by atoms with E-state index in [1.54, 1.807) is 12.3 Å². The monoisotopic (exact) mass is 706 g/mol. The van der Waals surface area contributed by atoms with Crippen molar-refractivity contribution in [1.82, 2.24) is 20.4 Å². The summed E-state index contributed by atoms with van der Waals surface area (Å²) in [6, 6.07) is 12.5. The molecule has 0 amide bonds. The maximum absolute atomic E-state index is 16.1. The fourth-order valence-electron chi connectivity index (χ4n) is 9.00. The number of nitrogens with one attached hydrogen (secondary N) is 2. The highest BCUT2D eigenvalue weighted by Crippen LogP contribution is 2.80. The Hall–Kier alpha value is -3.62. The lowest BCUT2D eigenvalue weighted by Gasteiger charge is -2.32. The molecule has 7 rings (SSSR count). The number of thiocarbonyl (C=S) groups is 1. The molecule has 0 radical (unpaired) electrons. The summed E-state index contributed by atoms with van der Waals surface area (Å²) in [6.07, 6.45) is 20.0. The van der Waals surface area contributed by atoms with Crippen LogP contribution in [0.4, 0.5) is 4.39 Å². The van der Waals surface area contributed by atoms with E-state index in [1.807, 2.05) is 32.3 Å². The third-order valence-corrected chi connectivity index (χ3v) is 12.6. The molecular weight excluding hydrogens is 652 g/mol. The van der Waals surface area contributed by atoms with E-state index >= 15 is 4.39 Å². The van der Waals surface area contributed by atoms with Gasteiger partial charge in [0.2, 0.25) is 0 Å². The highest BCUT2D eigenvalue weighted by Gasteiger charge is 2.73. The average molecular weight is 707 g/mol. The van der Waals surface area contributed by atoms with Crippen molar-refractivity contribution in [2.24, 2.45) is 21.3 Å². The third-order valence-electron chi connectivity index (χ3n) is 12.2. The van der Waals surface area contributed by atoms with Crippen molar-refractivity contribution in [3.8, 4) is 11.1 Å². The first-order valence-electron chi connectivity index (χ1n) is 19.3. The fraction of sp³-hybridized carbons (Fsp3) is 0.512. The molecule has 5 aliphatic rings. The lowest BCUT2D eigenvalue weighted by Crippen LogP contribution is -2.46. The van der Waals surface area contributed by atoms with Crippen LogP contribution in [0.3, 0.4) is 0 Å². The van der Waals surface area contributed by atoms with E-state index < -0.39 is 6.04 Å². The number of hydrogen-bond donors (Lipinski definition) is 2. The van der Waals surface area contributed by atoms with Crippen LogP contribution in [0.15, 0.2) is 77.1 Å². The lowest BCUT2D eigenvalue weighted by molar-refractivity contribution is 0.269. The van der Waals surface area contributed by atoms with Gasteiger partial charge in [0.25, 0.3) is 0 Å². The minimum Gasteiger partial charge on any atom is -0.389 e. The Kier molecular flexibility index (Phi) is 10.6. The Labute approximate surface area is 310 Å². The summed E-state index contributed by atoms with van der Waals surface area (Å²) < 4.78 is 16.1. The van der Waals surface area contributed by atoms with Gasteiger partial charge >= 0.3 is 0 Å². The molecule has 3 aliphatic heterocycles. The highest BCUT2D eigenvalue weighted by atomic mass is 32.1. The van der Waals surface area contributed by atoms with Crippen molar-refractivity contribution in [2.45, 2.75) is 103 Å². The number of likely N-dealkylation sites (tertiary alicyclic amines) is 1. The summed E-state index contributed by atoms with van der Waals surface area (Å²) in [4.78, 5) is 14.6. The molecule has 2 aromatic rings. The van der Waals surface area contributed by atoms with E-state index in [2.05, 4.69) is 69.3 Å². The first-order valence-corrected chi connectivity index (χ1v) is 19.7. The molecule has 0 bridgehead atoms. The van der Waals surface area contributed by atoms with Crippen molar-refractivity contribution < 1.29 is 4.39 Å². The Bertz CT molecular complexity index is 1750. The molecule has 0 aromatic heterocycles. The number of rotatable bonds is 10. The van der Waals surface area contributed by atoms with Gasteiger partial charge in [-0.3, -0.25) is 4.99 Å². The van der Waals surface area contributed by atoms with E-state index in [-0.39, 0.29) is 5.82 Å². The van der Waals surface area contributed by atoms with E-state index in [9.17, 15) is 0 Å². The van der Waals surface area contributed by atoms with Crippen molar-refractivity contribution in [3.05, 3.63) is 89.7 Å². The third kappa shape index (κ3) is 7.50. The first kappa shape index (κ1) is 35.8. The van der Waals surface area contributed by atoms with Gasteiger partial charge in [-0.05, 0) is 138 Å². The summed E-state index contributed by atoms with van der Waals surface area (Å²) in [7, 11) is 0. The van der Waals surface area contributed by atoms with Crippen molar-refractivity contribution >= 4 is 35.0 Å². The average Bonchev–Trinajstić information content (AvgIpc) is 4.01. The van der Waals surface area contributed by atoms with Crippen LogP contribution in [0.25, 0.3) is 16.8 Å². The second-order valence-corrected chi connectivity index (χ2v) is 16.2. The van der Waals surface area contributed by atoms with Crippen LogP contribution >= 0.6 is 12.2 Å². The van der Waals surface area contributed by atoms with E-state index in [0.717, 1.165) is 53.4 Å². The molecule has 270 valence electrons. The standard InChI is InChI=1S/C43H55FN6S/c1-5-19-46-32(4)48-41(51)40(39-27-45-20-6-7-21-47-39)50-28-37-36(31(50)3)25-34(26-38(37)44)33-11-13-35(14-12-33)43(29-42(43)17-18-42)16-9-23-49-22-8-10-30(2)15-24-49/h5,11-14,19,21,25-27,30,40,45H,3,6-10,15-18,20,22-24,28-29H2,1-2,4H3,(H,46,48,51)/b19-5-,39-27-,47-21-. The molecule has 1 saturated heterocycles. The molecule has 3 fully saturated rings. The molecule has 6 nitrogen and oxygen atoms in total. The molecule has 2 N–H and O–H groups in total. The topological polar surface area (TPSA) is 55.3 Å². The Morgan fingerprint density at radius 2 is 2.00 bits per heavy atom. The van der Waals surface area contributed by atoms with Crippen LogP contribution in [0.2, 0.25) is 0 Å². The largest absolute Gasteiger partial charge is 0.389 e. The quantitative estimate of drug-likeness (QED) is 0.147. The van der Waals surface area contributed by atoms with Crippen LogP contribution in [-0.2, 0) is 12.0 Å². The van der Waals surface area contributed by atoms with E-state index in [0.29, 0.717) is 33.8 Å². The first-order chi connectivity index (χ1) is 24.7. The Balaban J connectivity index is 1.09. The van der Waals surface area contributed by atoms with E-state index in [1.165, 1.54) is 76.6 Å². The van der Waals surface area contributed by atoms with Crippen LogP contribution in [0.1, 0.15) is 102 Å². The van der Waals surface area contributed by atoms with Crippen molar-refractivity contribution in [3.63, 3.8) is 0 Å². The van der Waals surface area contributed by atoms with Crippen molar-refractivity contribution in [2.75, 3.05) is 26.2 Å². The predicted octanol–water partition coefficient (Wildman–Crippen LogP) is 9.14. The fourth-order valence-corrected chi connectivity index (χ4v) is 9.39. The number of benzene rings is 2. The summed E-state index contributed by atoms with van der Waals surface area (Å²) in [5.41, 5.74) is 7.21. The van der Waals surface area contributed by atoms with Crippen LogP contribution in [0.5, 0.6) is 0 Å². The summed E-state index contributed by atoms with van der Waals surface area (Å²) in [6.45, 7) is 15.7. The molecule has 2 aromatic carbocycles. The zero-order chi connectivity index (χ0) is 35.6. The van der Waals surface area contributed by atoms with Gasteiger partial charge < -0.3 is 20.4 Å². The van der Waals surface area contributed by atoms with Crippen LogP contribution < -0.4 is 10.6 Å². The highest BCUT2D eigenvalue weighted by molar-refractivity contribution is 7.80. The lowest BCUT2D eigenvalue weighted by atomic mass is 9.86. The summed E-state index contributed by atoms with van der Waals surface area (Å²) in [5, 5.41) is 6.68. The van der Waals surface area contributed by atoms with Gasteiger partial charge in [0.1, 0.15) is 22.7 Å². The second kappa shape index (κ2) is 15.2. The summed E-state index contributed by atoms with van der Waals surface area (Å²) in [5.74, 6) is 1.33. The molecule has 2 aliphatic carbocycles. The molecule has 2 saturated carbocycles. The SMILES string of the molecule is C=C1c2cc(-c3ccc(C4(CCCN5CCCC(C)CC5)CC45CC5)cc3)cc(F)c2CN1C(C(=S)N/C(C)=N/C=C\C)C1=C/NCCC/C=N\1.